The third-order valence-electron chi connectivity index (χ3n) is 6.09. The quantitative estimate of drug-likeness (QED) is 0.135. The van der Waals surface area contributed by atoms with E-state index in [4.69, 9.17) is 0 Å². The number of carboxylic acids is 1. The molecule has 1 heterocycles. The largest absolute Gasteiger partial charge is 0.505 e. The number of hydrazone groups is 1. The van der Waals surface area contributed by atoms with Crippen LogP contribution >= 0.6 is 0 Å². The average molecular weight is 535 g/mol. The van der Waals surface area contributed by atoms with Crippen LogP contribution in [-0.4, -0.2) is 27.8 Å². The Hall–Kier alpha value is -5.19. The highest BCUT2D eigenvalue weighted by Gasteiger charge is 2.32. The van der Waals surface area contributed by atoms with Gasteiger partial charge in [-0.05, 0) is 53.6 Å². The molecule has 0 atom stereocenters. The zero-order valence-electron chi connectivity index (χ0n) is 19.7. The van der Waals surface area contributed by atoms with Crippen molar-refractivity contribution in [1.29, 1.82) is 0 Å². The summed E-state index contributed by atoms with van der Waals surface area (Å²) < 4.78 is 53.1. The summed E-state index contributed by atoms with van der Waals surface area (Å²) in [6.45, 7) is 0. The lowest BCUT2D eigenvalue weighted by Crippen LogP contribution is -2.15. The van der Waals surface area contributed by atoms with Crippen molar-refractivity contribution in [2.45, 2.75) is 6.18 Å². The van der Waals surface area contributed by atoms with Gasteiger partial charge in [-0.1, -0.05) is 36.4 Å². The molecule has 5 rings (SSSR count). The van der Waals surface area contributed by atoms with E-state index in [1.165, 1.54) is 36.4 Å². The summed E-state index contributed by atoms with van der Waals surface area (Å²) in [5.41, 5.74) is 3.28. The number of alkyl halides is 3. The number of nitrogens with one attached hydrogen (secondary N) is 2. The zero-order chi connectivity index (χ0) is 27.9. The van der Waals surface area contributed by atoms with Crippen molar-refractivity contribution in [3.8, 4) is 28.0 Å². The number of aromatic hydroxyl groups is 1. The van der Waals surface area contributed by atoms with Crippen LogP contribution in [0.3, 0.4) is 0 Å². The Morgan fingerprint density at radius 1 is 0.872 bits per heavy atom. The second-order valence-electron chi connectivity index (χ2n) is 8.57. The van der Waals surface area contributed by atoms with Crippen LogP contribution in [0.4, 0.5) is 28.9 Å². The molecule has 1 aliphatic heterocycles. The lowest BCUT2D eigenvalue weighted by molar-refractivity contribution is -0.137. The number of para-hydroxylation sites is 1. The van der Waals surface area contributed by atoms with Crippen LogP contribution in [0, 0.1) is 5.82 Å². The number of rotatable bonds is 5. The molecule has 0 saturated heterocycles. The fraction of sp³-hybridized carbons (Fsp3) is 0.0357. The SMILES string of the molecule is O=C1Nc2cc(-c3ccc(C(F)(F)F)cc3F)ccc2C1=NNc1cccc(-c2cccc(C(=O)O)c2)c1O. The Bertz CT molecular complexity index is 1680. The lowest BCUT2D eigenvalue weighted by Gasteiger charge is -2.11. The number of aromatic carboxylic acids is 1. The summed E-state index contributed by atoms with van der Waals surface area (Å²) in [5, 5.41) is 26.7. The molecule has 196 valence electrons. The fourth-order valence-electron chi connectivity index (χ4n) is 4.16. The zero-order valence-corrected chi connectivity index (χ0v) is 19.7. The maximum atomic E-state index is 14.5. The van der Waals surface area contributed by atoms with Gasteiger partial charge in [-0.2, -0.15) is 18.3 Å². The number of amides is 1. The minimum Gasteiger partial charge on any atom is -0.505 e. The summed E-state index contributed by atoms with van der Waals surface area (Å²) in [5.74, 6) is -3.00. The Kier molecular flexibility index (Phi) is 6.27. The normalized spacial score (nSPS) is 13.7. The number of phenolic OH excluding ortho intramolecular Hbond substituents is 1. The smallest absolute Gasteiger partial charge is 0.416 e. The molecule has 0 aliphatic carbocycles. The summed E-state index contributed by atoms with van der Waals surface area (Å²) in [6.07, 6.45) is -4.68. The van der Waals surface area contributed by atoms with E-state index in [0.29, 0.717) is 22.8 Å². The van der Waals surface area contributed by atoms with Crippen molar-refractivity contribution in [1.82, 2.24) is 0 Å². The molecular formula is C28H17F4N3O4. The van der Waals surface area contributed by atoms with Crippen molar-refractivity contribution >= 4 is 29.0 Å². The Labute approximate surface area is 218 Å². The number of benzene rings is 4. The summed E-state index contributed by atoms with van der Waals surface area (Å²) >= 11 is 0. The maximum absolute atomic E-state index is 14.5. The maximum Gasteiger partial charge on any atom is 0.416 e. The molecule has 11 heteroatoms. The van der Waals surface area contributed by atoms with Gasteiger partial charge >= 0.3 is 12.1 Å². The van der Waals surface area contributed by atoms with Crippen LogP contribution in [0.25, 0.3) is 22.3 Å². The minimum absolute atomic E-state index is 0.0397. The number of carboxylic acid groups (broad SMARTS) is 1. The van der Waals surface area contributed by atoms with E-state index in [0.717, 1.165) is 12.1 Å². The van der Waals surface area contributed by atoms with Gasteiger partial charge < -0.3 is 15.5 Å². The molecule has 0 radical (unpaired) electrons. The molecule has 0 unspecified atom stereocenters. The number of nitrogens with zero attached hydrogens (tertiary/aromatic N) is 1. The number of anilines is 2. The predicted molar refractivity (Wildman–Crippen MR) is 136 cm³/mol. The van der Waals surface area contributed by atoms with Crippen molar-refractivity contribution in [2.24, 2.45) is 5.10 Å². The summed E-state index contributed by atoms with van der Waals surface area (Å²) in [4.78, 5) is 23.9. The van der Waals surface area contributed by atoms with Gasteiger partial charge in [-0.25, -0.2) is 9.18 Å². The molecule has 7 nitrogen and oxygen atoms in total. The van der Waals surface area contributed by atoms with Gasteiger partial charge in [-0.15, -0.1) is 0 Å². The highest BCUT2D eigenvalue weighted by molar-refractivity contribution is 6.54. The first kappa shape index (κ1) is 25.5. The number of carbonyl (C=O) groups excluding carboxylic acids is 1. The lowest BCUT2D eigenvalue weighted by atomic mass is 10.00. The van der Waals surface area contributed by atoms with Gasteiger partial charge in [0, 0.05) is 16.7 Å². The fourth-order valence-corrected chi connectivity index (χ4v) is 4.16. The monoisotopic (exact) mass is 535 g/mol. The highest BCUT2D eigenvalue weighted by atomic mass is 19.4. The van der Waals surface area contributed by atoms with Crippen molar-refractivity contribution in [2.75, 3.05) is 10.7 Å². The molecular weight excluding hydrogens is 518 g/mol. The van der Waals surface area contributed by atoms with Crippen LogP contribution in [0.2, 0.25) is 0 Å². The van der Waals surface area contributed by atoms with Gasteiger partial charge in [0.15, 0.2) is 5.71 Å². The summed E-state index contributed by atoms with van der Waals surface area (Å²) in [7, 11) is 0. The van der Waals surface area contributed by atoms with Crippen molar-refractivity contribution in [3.63, 3.8) is 0 Å². The Morgan fingerprint density at radius 3 is 2.31 bits per heavy atom. The molecule has 0 spiro atoms. The topological polar surface area (TPSA) is 111 Å². The average Bonchev–Trinajstić information content (AvgIpc) is 3.21. The van der Waals surface area contributed by atoms with E-state index in [2.05, 4.69) is 15.8 Å². The molecule has 0 bridgehead atoms. The molecule has 4 aromatic rings. The molecule has 1 amide bonds. The first-order chi connectivity index (χ1) is 18.5. The van der Waals surface area contributed by atoms with E-state index in [9.17, 15) is 37.4 Å². The van der Waals surface area contributed by atoms with Gasteiger partial charge in [0.25, 0.3) is 5.91 Å². The van der Waals surface area contributed by atoms with E-state index >= 15 is 0 Å². The van der Waals surface area contributed by atoms with E-state index in [-0.39, 0.29) is 39.5 Å². The van der Waals surface area contributed by atoms with Gasteiger partial charge in [0.05, 0.1) is 22.5 Å². The number of phenols is 1. The van der Waals surface area contributed by atoms with Crippen molar-refractivity contribution < 1.29 is 37.4 Å². The highest BCUT2D eigenvalue weighted by Crippen LogP contribution is 2.37. The van der Waals surface area contributed by atoms with Crippen LogP contribution in [0.15, 0.2) is 84.0 Å². The number of hydrogen-bond acceptors (Lipinski definition) is 5. The second kappa shape index (κ2) is 9.60. The number of carbonyl (C=O) groups is 2. The number of fused-ring (bicyclic) bond motifs is 1. The van der Waals surface area contributed by atoms with Crippen LogP contribution in [0.5, 0.6) is 5.75 Å². The predicted octanol–water partition coefficient (Wildman–Crippen LogP) is 6.35. The standard InChI is InChI=1S/C28H17F4N3O4/c29-21-13-17(28(30,31)32)8-10-18(21)15-7-9-20-23(12-15)33-26(37)24(20)35-34-22-6-2-5-19(25(22)36)14-3-1-4-16(11-14)27(38)39/h1-13,34,36H,(H,38,39)(H,33,35,37). The minimum atomic E-state index is -4.68. The van der Waals surface area contributed by atoms with Gasteiger partial charge in [0.1, 0.15) is 11.6 Å². The molecule has 39 heavy (non-hydrogen) atoms. The Balaban J connectivity index is 1.43. The molecule has 0 fully saturated rings. The van der Waals surface area contributed by atoms with E-state index in [1.807, 2.05) is 0 Å². The van der Waals surface area contributed by atoms with Crippen LogP contribution in [-0.2, 0) is 11.0 Å². The van der Waals surface area contributed by atoms with Crippen molar-refractivity contribution in [3.05, 3.63) is 101 Å². The third-order valence-corrected chi connectivity index (χ3v) is 6.09. The number of halogens is 4. The first-order valence-corrected chi connectivity index (χ1v) is 11.4. The molecule has 0 saturated carbocycles. The molecule has 4 aromatic carbocycles. The molecule has 4 N–H and O–H groups in total. The number of hydrogen-bond donors (Lipinski definition) is 4. The van der Waals surface area contributed by atoms with E-state index < -0.39 is 29.4 Å². The summed E-state index contributed by atoms with van der Waals surface area (Å²) in [6, 6.07) is 17.3. The van der Waals surface area contributed by atoms with E-state index in [1.54, 1.807) is 24.3 Å². The third kappa shape index (κ3) is 4.89. The Morgan fingerprint density at radius 2 is 1.59 bits per heavy atom. The van der Waals surface area contributed by atoms with Gasteiger partial charge in [0.2, 0.25) is 0 Å². The molecule has 0 aromatic heterocycles. The van der Waals surface area contributed by atoms with Crippen LogP contribution in [0.1, 0.15) is 21.5 Å². The van der Waals surface area contributed by atoms with Gasteiger partial charge in [-0.3, -0.25) is 10.2 Å². The molecule has 1 aliphatic rings. The second-order valence-corrected chi connectivity index (χ2v) is 8.57. The first-order valence-electron chi connectivity index (χ1n) is 11.4. The van der Waals surface area contributed by atoms with Crippen LogP contribution < -0.4 is 10.7 Å².